The van der Waals surface area contributed by atoms with E-state index >= 15 is 0 Å². The zero-order chi connectivity index (χ0) is 15.6. The molecule has 0 aliphatic rings. The second-order valence-corrected chi connectivity index (χ2v) is 6.10. The third-order valence-electron chi connectivity index (χ3n) is 2.81. The van der Waals surface area contributed by atoms with Crippen molar-refractivity contribution in [1.82, 2.24) is 0 Å². The Kier molecular flexibility index (Phi) is 4.49. The molecule has 8 heteroatoms. The van der Waals surface area contributed by atoms with Crippen molar-refractivity contribution in [1.29, 1.82) is 0 Å². The van der Waals surface area contributed by atoms with Crippen LogP contribution >= 0.6 is 27.3 Å². The number of carbonyl (C=O) groups excluding carboxylic acids is 2. The Morgan fingerprint density at radius 3 is 2.43 bits per heavy atom. The van der Waals surface area contributed by atoms with Crippen molar-refractivity contribution in [2.24, 2.45) is 11.5 Å². The fourth-order valence-electron chi connectivity index (χ4n) is 1.81. The number of hydrogen-bond donors (Lipinski definition) is 4. The predicted molar refractivity (Wildman–Crippen MR) is 87.2 cm³/mol. The second kappa shape index (κ2) is 6.15. The van der Waals surface area contributed by atoms with Crippen molar-refractivity contribution in [2.75, 3.05) is 11.1 Å². The van der Waals surface area contributed by atoms with Crippen LogP contribution in [0.15, 0.2) is 28.7 Å². The molecule has 0 unspecified atom stereocenters. The average molecular weight is 369 g/mol. The van der Waals surface area contributed by atoms with Gasteiger partial charge in [-0.15, -0.1) is 11.3 Å². The van der Waals surface area contributed by atoms with Gasteiger partial charge in [-0.3, -0.25) is 9.59 Å². The van der Waals surface area contributed by atoms with Gasteiger partial charge >= 0.3 is 0 Å². The molecule has 0 saturated carbocycles. The highest BCUT2D eigenvalue weighted by molar-refractivity contribution is 9.10. The van der Waals surface area contributed by atoms with Crippen molar-refractivity contribution < 1.29 is 9.59 Å². The number of anilines is 2. The average Bonchev–Trinajstić information content (AvgIpc) is 2.75. The van der Waals surface area contributed by atoms with Gasteiger partial charge in [-0.05, 0) is 11.6 Å². The van der Waals surface area contributed by atoms with E-state index < -0.39 is 11.8 Å². The lowest BCUT2D eigenvalue weighted by molar-refractivity contribution is 0.0999. The van der Waals surface area contributed by atoms with E-state index in [1.807, 2.05) is 24.3 Å². The first-order chi connectivity index (χ1) is 9.91. The summed E-state index contributed by atoms with van der Waals surface area (Å²) >= 11 is 4.45. The molecule has 0 aliphatic heterocycles. The van der Waals surface area contributed by atoms with Gasteiger partial charge in [0.2, 0.25) is 0 Å². The minimum absolute atomic E-state index is 0.0228. The highest BCUT2D eigenvalue weighted by Gasteiger charge is 2.22. The van der Waals surface area contributed by atoms with Crippen LogP contribution in [0.25, 0.3) is 0 Å². The van der Waals surface area contributed by atoms with E-state index in [-0.39, 0.29) is 16.1 Å². The number of primary amides is 2. The minimum Gasteiger partial charge on any atom is -0.397 e. The van der Waals surface area contributed by atoms with Crippen LogP contribution in [0.4, 0.5) is 10.7 Å². The van der Waals surface area contributed by atoms with Crippen LogP contribution in [0.1, 0.15) is 25.6 Å². The lowest BCUT2D eigenvalue weighted by atomic mass is 10.2. The first-order valence-electron chi connectivity index (χ1n) is 5.91. The molecule has 21 heavy (non-hydrogen) atoms. The molecule has 0 atom stereocenters. The molecule has 0 bridgehead atoms. The quantitative estimate of drug-likeness (QED) is 0.642. The molecule has 0 spiro atoms. The molecular weight excluding hydrogens is 356 g/mol. The molecule has 110 valence electrons. The second-order valence-electron chi connectivity index (χ2n) is 4.22. The number of amides is 2. The van der Waals surface area contributed by atoms with Crippen molar-refractivity contribution >= 4 is 49.8 Å². The van der Waals surface area contributed by atoms with E-state index in [1.54, 1.807) is 0 Å². The first-order valence-corrected chi connectivity index (χ1v) is 7.52. The number of benzene rings is 1. The number of halogens is 1. The van der Waals surface area contributed by atoms with Crippen LogP contribution in [-0.4, -0.2) is 11.8 Å². The lowest BCUT2D eigenvalue weighted by Crippen LogP contribution is -2.16. The highest BCUT2D eigenvalue weighted by Crippen LogP contribution is 2.35. The van der Waals surface area contributed by atoms with Crippen molar-refractivity contribution in [3.05, 3.63) is 44.7 Å². The van der Waals surface area contributed by atoms with Gasteiger partial charge < -0.3 is 22.5 Å². The van der Waals surface area contributed by atoms with E-state index in [1.165, 1.54) is 0 Å². The smallest absolute Gasteiger partial charge is 0.260 e. The minimum atomic E-state index is -0.703. The summed E-state index contributed by atoms with van der Waals surface area (Å²) in [5.41, 5.74) is 17.4. The molecule has 1 aromatic carbocycles. The van der Waals surface area contributed by atoms with Gasteiger partial charge in [-0.1, -0.05) is 34.1 Å². The summed E-state index contributed by atoms with van der Waals surface area (Å²) in [5, 5.41) is 3.50. The maximum atomic E-state index is 11.5. The number of carbonyl (C=O) groups is 2. The third-order valence-corrected chi connectivity index (χ3v) is 4.76. The number of hydrogen-bond acceptors (Lipinski definition) is 5. The summed E-state index contributed by atoms with van der Waals surface area (Å²) in [6, 6.07) is 7.63. The van der Waals surface area contributed by atoms with E-state index in [9.17, 15) is 9.59 Å². The normalized spacial score (nSPS) is 10.3. The molecule has 7 N–H and O–H groups in total. The summed E-state index contributed by atoms with van der Waals surface area (Å²) < 4.78 is 0.928. The van der Waals surface area contributed by atoms with Gasteiger partial charge in [-0.25, -0.2) is 0 Å². The Labute approximate surface area is 133 Å². The number of nitrogens with one attached hydrogen (secondary N) is 1. The molecule has 0 aliphatic carbocycles. The summed E-state index contributed by atoms with van der Waals surface area (Å²) in [6.45, 7) is 0.444. The molecule has 0 fully saturated rings. The summed E-state index contributed by atoms with van der Waals surface area (Å²) in [7, 11) is 0. The highest BCUT2D eigenvalue weighted by atomic mass is 79.9. The van der Waals surface area contributed by atoms with Crippen LogP contribution in [0.2, 0.25) is 0 Å². The molecule has 6 nitrogen and oxygen atoms in total. The van der Waals surface area contributed by atoms with Gasteiger partial charge in [0.15, 0.2) is 0 Å². The summed E-state index contributed by atoms with van der Waals surface area (Å²) in [6.07, 6.45) is 0. The maximum absolute atomic E-state index is 11.5. The van der Waals surface area contributed by atoms with Gasteiger partial charge in [0, 0.05) is 11.0 Å². The summed E-state index contributed by atoms with van der Waals surface area (Å²) in [4.78, 5) is 22.9. The molecule has 2 rings (SSSR count). The van der Waals surface area contributed by atoms with Gasteiger partial charge in [-0.2, -0.15) is 0 Å². The number of rotatable bonds is 5. The molecule has 1 heterocycles. The largest absolute Gasteiger partial charge is 0.397 e. The third kappa shape index (κ3) is 3.17. The fourth-order valence-corrected chi connectivity index (χ4v) is 3.21. The van der Waals surface area contributed by atoms with Crippen LogP contribution < -0.4 is 22.5 Å². The van der Waals surface area contributed by atoms with Gasteiger partial charge in [0.1, 0.15) is 9.88 Å². The van der Waals surface area contributed by atoms with Crippen molar-refractivity contribution in [3.8, 4) is 0 Å². The zero-order valence-electron chi connectivity index (χ0n) is 10.9. The maximum Gasteiger partial charge on any atom is 0.260 e. The van der Waals surface area contributed by atoms with Gasteiger partial charge in [0.05, 0.1) is 11.3 Å². The molecular formula is C13H13BrN4O2S. The Morgan fingerprint density at radius 2 is 1.86 bits per heavy atom. The van der Waals surface area contributed by atoms with Gasteiger partial charge in [0.25, 0.3) is 11.8 Å². The van der Waals surface area contributed by atoms with E-state index in [2.05, 4.69) is 21.2 Å². The Balaban J connectivity index is 2.32. The molecule has 0 saturated heterocycles. The SMILES string of the molecule is NC(=O)c1sc(NCc2ccccc2Br)c(C(N)=O)c1N. The Hall–Kier alpha value is -2.06. The number of thiophene rings is 1. The fraction of sp³-hybridized carbons (Fsp3) is 0.0769. The van der Waals surface area contributed by atoms with Crippen molar-refractivity contribution in [3.63, 3.8) is 0 Å². The Morgan fingerprint density at radius 1 is 1.19 bits per heavy atom. The first kappa shape index (κ1) is 15.3. The van der Waals surface area contributed by atoms with Crippen LogP contribution in [0, 0.1) is 0 Å². The monoisotopic (exact) mass is 368 g/mol. The van der Waals surface area contributed by atoms with Crippen LogP contribution in [0.5, 0.6) is 0 Å². The van der Waals surface area contributed by atoms with Crippen molar-refractivity contribution in [2.45, 2.75) is 6.54 Å². The standard InChI is InChI=1S/C13H13BrN4O2S/c14-7-4-2-1-3-6(7)5-18-13-8(11(16)19)9(15)10(21-13)12(17)20/h1-4,18H,5,15H2,(H2,16,19)(H2,17,20). The van der Waals surface area contributed by atoms with E-state index in [0.29, 0.717) is 11.5 Å². The lowest BCUT2D eigenvalue weighted by Gasteiger charge is -2.07. The molecule has 0 radical (unpaired) electrons. The molecule has 2 amide bonds. The zero-order valence-corrected chi connectivity index (χ0v) is 13.3. The Bertz CT molecular complexity index is 714. The molecule has 1 aromatic heterocycles. The van der Waals surface area contributed by atoms with Crippen LogP contribution in [-0.2, 0) is 6.54 Å². The molecule has 2 aromatic rings. The van der Waals surface area contributed by atoms with E-state index in [4.69, 9.17) is 17.2 Å². The van der Waals surface area contributed by atoms with E-state index in [0.717, 1.165) is 21.4 Å². The topological polar surface area (TPSA) is 124 Å². The summed E-state index contributed by atoms with van der Waals surface area (Å²) in [5.74, 6) is -1.39. The predicted octanol–water partition coefficient (Wildman–Crippen LogP) is 1.90. The number of nitrogens with two attached hydrogens (primary N) is 3. The van der Waals surface area contributed by atoms with Crippen LogP contribution in [0.3, 0.4) is 0 Å². The number of nitrogen functional groups attached to an aromatic ring is 1.